The third-order valence-corrected chi connectivity index (χ3v) is 7.00. The first kappa shape index (κ1) is 27.4. The highest BCUT2D eigenvalue weighted by molar-refractivity contribution is 5.86. The van der Waals surface area contributed by atoms with Crippen molar-refractivity contribution in [3.63, 3.8) is 0 Å². The highest BCUT2D eigenvalue weighted by atomic mass is 19.1. The molecule has 5 rings (SSSR count). The number of unbranched alkanes of at least 4 members (excludes halogenated alkanes) is 1. The van der Waals surface area contributed by atoms with Crippen molar-refractivity contribution < 1.29 is 13.9 Å². The quantitative estimate of drug-likeness (QED) is 0.266. The molecule has 1 aliphatic heterocycles. The van der Waals surface area contributed by atoms with Crippen LogP contribution >= 0.6 is 0 Å². The molecule has 3 aromatic heterocycles. The third kappa shape index (κ3) is 6.36. The number of rotatable bonds is 9. The van der Waals surface area contributed by atoms with E-state index in [0.29, 0.717) is 31.1 Å². The van der Waals surface area contributed by atoms with Crippen molar-refractivity contribution in [1.29, 1.82) is 0 Å². The number of piperazine rings is 1. The zero-order chi connectivity index (χ0) is 28.1. The Kier molecular flexibility index (Phi) is 8.49. The summed E-state index contributed by atoms with van der Waals surface area (Å²) in [6.07, 6.45) is 4.64. The van der Waals surface area contributed by atoms with Gasteiger partial charge in [0.25, 0.3) is 0 Å². The number of ether oxygens (including phenoxy) is 1. The number of nitrogens with one attached hydrogen (secondary N) is 2. The van der Waals surface area contributed by atoms with Crippen LogP contribution in [-0.4, -0.2) is 73.8 Å². The zero-order valence-corrected chi connectivity index (χ0v) is 23.2. The lowest BCUT2D eigenvalue weighted by atomic mass is 10.0. The Morgan fingerprint density at radius 2 is 1.95 bits per heavy atom. The number of carbonyl (C=O) groups is 1. The van der Waals surface area contributed by atoms with Crippen LogP contribution in [0.3, 0.4) is 0 Å². The number of pyridine rings is 1. The van der Waals surface area contributed by atoms with Crippen molar-refractivity contribution in [2.75, 3.05) is 38.1 Å². The second-order valence-corrected chi connectivity index (χ2v) is 10.3. The molecule has 1 aromatic carbocycles. The van der Waals surface area contributed by atoms with Crippen LogP contribution in [0.1, 0.15) is 50.8 Å². The van der Waals surface area contributed by atoms with Crippen LogP contribution in [0.4, 0.5) is 21.0 Å². The number of amides is 1. The van der Waals surface area contributed by atoms with Gasteiger partial charge in [0.05, 0.1) is 18.3 Å². The molecule has 11 heteroatoms. The topological polar surface area (TPSA) is 112 Å². The average Bonchev–Trinajstić information content (AvgIpc) is 3.39. The summed E-state index contributed by atoms with van der Waals surface area (Å²) in [5.41, 5.74) is 3.74. The molecule has 40 heavy (non-hydrogen) atoms. The summed E-state index contributed by atoms with van der Waals surface area (Å²) in [7, 11) is 0. The van der Waals surface area contributed by atoms with Gasteiger partial charge in [-0.2, -0.15) is 5.10 Å². The van der Waals surface area contributed by atoms with Crippen molar-refractivity contribution >= 4 is 28.8 Å². The van der Waals surface area contributed by atoms with Gasteiger partial charge >= 0.3 is 6.09 Å². The Labute approximate surface area is 233 Å². The van der Waals surface area contributed by atoms with E-state index in [4.69, 9.17) is 4.74 Å². The van der Waals surface area contributed by atoms with Gasteiger partial charge < -0.3 is 15.0 Å². The minimum absolute atomic E-state index is 0.209. The summed E-state index contributed by atoms with van der Waals surface area (Å²) in [4.78, 5) is 29.3. The summed E-state index contributed by atoms with van der Waals surface area (Å²) in [6.45, 7) is 10.3. The predicted octanol–water partition coefficient (Wildman–Crippen LogP) is 5.48. The predicted molar refractivity (Wildman–Crippen MR) is 152 cm³/mol. The fourth-order valence-corrected chi connectivity index (χ4v) is 4.70. The van der Waals surface area contributed by atoms with E-state index in [9.17, 15) is 9.18 Å². The molecule has 1 saturated heterocycles. The van der Waals surface area contributed by atoms with Gasteiger partial charge in [0.15, 0.2) is 5.82 Å². The minimum atomic E-state index is -0.503. The number of aromatic nitrogens is 5. The van der Waals surface area contributed by atoms with Gasteiger partial charge in [-0.3, -0.25) is 10.00 Å². The van der Waals surface area contributed by atoms with Gasteiger partial charge in [0.1, 0.15) is 11.5 Å². The van der Waals surface area contributed by atoms with Gasteiger partial charge in [0.2, 0.25) is 5.95 Å². The molecule has 1 fully saturated rings. The molecule has 1 amide bonds. The maximum absolute atomic E-state index is 14.8. The van der Waals surface area contributed by atoms with Crippen LogP contribution in [0.25, 0.3) is 22.2 Å². The number of H-pyrrole nitrogens is 1. The van der Waals surface area contributed by atoms with Crippen LogP contribution in [-0.2, 0) is 11.3 Å². The monoisotopic (exact) mass is 546 g/mol. The standard InChI is InChI=1S/C29H35FN8O2/c1-4-5-14-40-29(39)38-12-10-37(11-13-38)18-20-6-9-25(31-16-20)33-28-32-17-23(30)27(34-28)21-7-8-24-22(15-21)26(19(2)3)36-35-24/h6-9,15-17,19H,4-5,10-14,18H2,1-3H3,(H,35,36)(H,31,32,33,34). The smallest absolute Gasteiger partial charge is 0.409 e. The van der Waals surface area contributed by atoms with Gasteiger partial charge in [-0.1, -0.05) is 39.3 Å². The van der Waals surface area contributed by atoms with Crippen molar-refractivity contribution in [3.05, 3.63) is 59.8 Å². The van der Waals surface area contributed by atoms with Crippen LogP contribution in [0, 0.1) is 5.82 Å². The highest BCUT2D eigenvalue weighted by Crippen LogP contribution is 2.29. The van der Waals surface area contributed by atoms with Crippen molar-refractivity contribution in [2.24, 2.45) is 0 Å². The number of carbonyl (C=O) groups excluding carboxylic acids is 1. The summed E-state index contributed by atoms with van der Waals surface area (Å²) in [6, 6.07) is 9.43. The average molecular weight is 547 g/mol. The van der Waals surface area contributed by atoms with Crippen molar-refractivity contribution in [1.82, 2.24) is 34.9 Å². The van der Waals surface area contributed by atoms with Gasteiger partial charge in [0, 0.05) is 55.6 Å². The van der Waals surface area contributed by atoms with E-state index in [2.05, 4.69) is 56.1 Å². The van der Waals surface area contributed by atoms with Crippen LogP contribution < -0.4 is 5.32 Å². The second kappa shape index (κ2) is 12.4. The lowest BCUT2D eigenvalue weighted by Gasteiger charge is -2.34. The number of fused-ring (bicyclic) bond motifs is 1. The zero-order valence-electron chi connectivity index (χ0n) is 23.2. The Morgan fingerprint density at radius 1 is 1.12 bits per heavy atom. The molecule has 0 saturated carbocycles. The highest BCUT2D eigenvalue weighted by Gasteiger charge is 2.22. The SMILES string of the molecule is CCCCOC(=O)N1CCN(Cc2ccc(Nc3ncc(F)c(-c4ccc5n[nH]c(C(C)C)c5c4)n3)nc2)CC1. The van der Waals surface area contributed by atoms with Gasteiger partial charge in [-0.15, -0.1) is 0 Å². The molecular formula is C29H35FN8O2. The molecule has 10 nitrogen and oxygen atoms in total. The number of hydrogen-bond acceptors (Lipinski definition) is 8. The number of aromatic amines is 1. The van der Waals surface area contributed by atoms with E-state index < -0.39 is 5.82 Å². The summed E-state index contributed by atoms with van der Waals surface area (Å²) < 4.78 is 20.1. The Hall–Kier alpha value is -4.12. The maximum atomic E-state index is 14.8. The third-order valence-electron chi connectivity index (χ3n) is 7.00. The molecule has 4 heterocycles. The first-order chi connectivity index (χ1) is 19.4. The largest absolute Gasteiger partial charge is 0.449 e. The molecule has 2 N–H and O–H groups in total. The molecule has 0 spiro atoms. The Bertz CT molecular complexity index is 1450. The van der Waals surface area contributed by atoms with E-state index in [1.54, 1.807) is 11.1 Å². The van der Waals surface area contributed by atoms with E-state index in [1.807, 2.05) is 30.3 Å². The Morgan fingerprint density at radius 3 is 2.67 bits per heavy atom. The van der Waals surface area contributed by atoms with E-state index in [0.717, 1.165) is 54.6 Å². The van der Waals surface area contributed by atoms with Gasteiger partial charge in [-0.05, 0) is 36.1 Å². The fourth-order valence-electron chi connectivity index (χ4n) is 4.70. The molecule has 4 aromatic rings. The number of hydrogen-bond donors (Lipinski definition) is 2. The van der Waals surface area contributed by atoms with E-state index >= 15 is 0 Å². The summed E-state index contributed by atoms with van der Waals surface area (Å²) in [5.74, 6) is 0.575. The van der Waals surface area contributed by atoms with Crippen LogP contribution in [0.5, 0.6) is 0 Å². The van der Waals surface area contributed by atoms with Crippen LogP contribution in [0.15, 0.2) is 42.7 Å². The molecule has 0 radical (unpaired) electrons. The number of nitrogens with zero attached hydrogens (tertiary/aromatic N) is 6. The molecule has 0 atom stereocenters. The van der Waals surface area contributed by atoms with Crippen LogP contribution in [0.2, 0.25) is 0 Å². The van der Waals surface area contributed by atoms with E-state index in [1.165, 1.54) is 6.20 Å². The maximum Gasteiger partial charge on any atom is 0.409 e. The van der Waals surface area contributed by atoms with Gasteiger partial charge in [-0.25, -0.2) is 24.1 Å². The van der Waals surface area contributed by atoms with E-state index in [-0.39, 0.29) is 23.7 Å². The molecule has 0 unspecified atom stereocenters. The molecular weight excluding hydrogens is 511 g/mol. The van der Waals surface area contributed by atoms with Crippen molar-refractivity contribution in [2.45, 2.75) is 46.1 Å². The molecule has 0 bridgehead atoms. The Balaban J connectivity index is 1.20. The lowest BCUT2D eigenvalue weighted by Crippen LogP contribution is -2.48. The number of anilines is 2. The summed E-state index contributed by atoms with van der Waals surface area (Å²) >= 11 is 0. The normalized spacial score (nSPS) is 14.2. The molecule has 0 aliphatic carbocycles. The fraction of sp³-hybridized carbons (Fsp3) is 0.414. The first-order valence-electron chi connectivity index (χ1n) is 13.8. The molecule has 1 aliphatic rings. The summed E-state index contributed by atoms with van der Waals surface area (Å²) in [5, 5.41) is 11.4. The minimum Gasteiger partial charge on any atom is -0.449 e. The lowest BCUT2D eigenvalue weighted by molar-refractivity contribution is 0.0737. The number of halogens is 1. The molecule has 210 valence electrons. The number of benzene rings is 1. The second-order valence-electron chi connectivity index (χ2n) is 10.3. The van der Waals surface area contributed by atoms with Crippen molar-refractivity contribution in [3.8, 4) is 11.3 Å². The first-order valence-corrected chi connectivity index (χ1v) is 13.8.